The van der Waals surface area contributed by atoms with Gasteiger partial charge in [0.2, 0.25) is 0 Å². The largest absolute Gasteiger partial charge is 0.469 e. The molecule has 2 rings (SSSR count). The molecular weight excluding hydrogens is 436 g/mol. The maximum atomic E-state index is 14.9. The molecule has 1 heterocycles. The number of carbonyl (C=O) groups excluding carboxylic acids is 1. The molecule has 2 aromatic rings. The third kappa shape index (κ3) is 5.52. The molecular formula is C20H20F4N2O4Si. The minimum atomic E-state index is -4.95. The van der Waals surface area contributed by atoms with Crippen LogP contribution in [0, 0.1) is 17.3 Å². The van der Waals surface area contributed by atoms with Gasteiger partial charge in [-0.25, -0.2) is 13.8 Å². The number of benzene rings is 1. The lowest BCUT2D eigenvalue weighted by Crippen LogP contribution is -2.41. The molecule has 0 aliphatic rings. The Labute approximate surface area is 176 Å². The van der Waals surface area contributed by atoms with Crippen molar-refractivity contribution in [1.29, 1.82) is 0 Å². The number of nitrogens with zero attached hydrogens (tertiary/aromatic N) is 2. The molecule has 0 amide bonds. The summed E-state index contributed by atoms with van der Waals surface area (Å²) in [5.74, 6) is 1.09. The summed E-state index contributed by atoms with van der Waals surface area (Å²) in [4.78, 5) is 36.6. The molecule has 1 aromatic heterocycles. The van der Waals surface area contributed by atoms with Crippen molar-refractivity contribution in [2.24, 2.45) is 7.05 Å². The van der Waals surface area contributed by atoms with Crippen LogP contribution in [-0.4, -0.2) is 30.3 Å². The summed E-state index contributed by atoms with van der Waals surface area (Å²) in [6.45, 7) is 5.86. The molecule has 0 N–H and O–H groups in total. The third-order valence-electron chi connectivity index (χ3n) is 4.16. The predicted molar refractivity (Wildman–Crippen MR) is 108 cm³/mol. The Balaban J connectivity index is 2.82. The van der Waals surface area contributed by atoms with Gasteiger partial charge in [-0.15, -0.1) is 5.54 Å². The fraction of sp³-hybridized carbons (Fsp3) is 0.350. The van der Waals surface area contributed by atoms with Crippen molar-refractivity contribution < 1.29 is 27.1 Å². The first kappa shape index (κ1) is 24.1. The number of methoxy groups -OCH3 is 1. The summed E-state index contributed by atoms with van der Waals surface area (Å²) in [5.41, 5.74) is -1.45. The second-order valence-electron chi connectivity index (χ2n) is 7.76. The number of alkyl halides is 3. The average molecular weight is 456 g/mol. The van der Waals surface area contributed by atoms with Crippen LogP contribution in [0.25, 0.3) is 5.69 Å². The SMILES string of the molecule is COC(=O)Cc1cc(-n2c(=O)cc(C(F)(F)F)n(C)c2=O)c(F)cc1C#C[Si](C)(C)C. The van der Waals surface area contributed by atoms with Crippen LogP contribution in [0.15, 0.2) is 27.8 Å². The Morgan fingerprint density at radius 2 is 1.77 bits per heavy atom. The Bertz CT molecular complexity index is 1210. The normalized spacial score (nSPS) is 11.6. The van der Waals surface area contributed by atoms with Crippen molar-refractivity contribution in [3.8, 4) is 17.2 Å². The van der Waals surface area contributed by atoms with Gasteiger partial charge in [0.25, 0.3) is 5.56 Å². The molecule has 0 atom stereocenters. The van der Waals surface area contributed by atoms with Gasteiger partial charge in [-0.3, -0.25) is 14.2 Å². The minimum absolute atomic E-state index is 0.158. The number of carbonyl (C=O) groups is 1. The first-order chi connectivity index (χ1) is 14.2. The van der Waals surface area contributed by atoms with Gasteiger partial charge >= 0.3 is 17.8 Å². The number of rotatable bonds is 3. The molecule has 0 spiro atoms. The number of hydrogen-bond donors (Lipinski definition) is 0. The van der Waals surface area contributed by atoms with Gasteiger partial charge < -0.3 is 4.74 Å². The van der Waals surface area contributed by atoms with E-state index >= 15 is 0 Å². The van der Waals surface area contributed by atoms with Crippen LogP contribution in [0.3, 0.4) is 0 Å². The van der Waals surface area contributed by atoms with Gasteiger partial charge in [0, 0.05) is 18.7 Å². The Kier molecular flexibility index (Phi) is 6.65. The van der Waals surface area contributed by atoms with E-state index in [0.717, 1.165) is 26.3 Å². The van der Waals surface area contributed by atoms with Crippen LogP contribution in [0.1, 0.15) is 16.8 Å². The molecule has 0 saturated carbocycles. The van der Waals surface area contributed by atoms with E-state index in [4.69, 9.17) is 0 Å². The van der Waals surface area contributed by atoms with Gasteiger partial charge in [0.15, 0.2) is 0 Å². The molecule has 11 heteroatoms. The number of hydrogen-bond acceptors (Lipinski definition) is 4. The lowest BCUT2D eigenvalue weighted by Gasteiger charge is -2.15. The van der Waals surface area contributed by atoms with E-state index in [0.29, 0.717) is 0 Å². The van der Waals surface area contributed by atoms with Crippen molar-refractivity contribution in [2.75, 3.05) is 7.11 Å². The Morgan fingerprint density at radius 3 is 2.29 bits per heavy atom. The van der Waals surface area contributed by atoms with Crippen molar-refractivity contribution in [3.05, 3.63) is 61.7 Å². The molecule has 0 aliphatic carbocycles. The summed E-state index contributed by atoms with van der Waals surface area (Å²) in [6.07, 6.45) is -5.29. The van der Waals surface area contributed by atoms with Crippen molar-refractivity contribution in [1.82, 2.24) is 9.13 Å². The van der Waals surface area contributed by atoms with E-state index < -0.39 is 48.7 Å². The zero-order chi connectivity index (χ0) is 23.7. The predicted octanol–water partition coefficient (Wildman–Crippen LogP) is 2.64. The lowest BCUT2D eigenvalue weighted by molar-refractivity contribution is -0.144. The van der Waals surface area contributed by atoms with Gasteiger partial charge in [-0.1, -0.05) is 25.6 Å². The summed E-state index contributed by atoms with van der Waals surface area (Å²) >= 11 is 0. The zero-order valence-corrected chi connectivity index (χ0v) is 18.5. The highest BCUT2D eigenvalue weighted by atomic mass is 28.3. The van der Waals surface area contributed by atoms with Gasteiger partial charge in [-0.2, -0.15) is 13.2 Å². The highest BCUT2D eigenvalue weighted by molar-refractivity contribution is 6.83. The van der Waals surface area contributed by atoms with Crippen molar-refractivity contribution in [2.45, 2.75) is 32.2 Å². The summed E-state index contributed by atoms with van der Waals surface area (Å²) in [7, 11) is 0.100. The second kappa shape index (κ2) is 8.54. The highest BCUT2D eigenvalue weighted by Gasteiger charge is 2.35. The van der Waals surface area contributed by atoms with E-state index in [1.807, 2.05) is 19.6 Å². The van der Waals surface area contributed by atoms with Crippen LogP contribution < -0.4 is 11.2 Å². The van der Waals surface area contributed by atoms with Crippen molar-refractivity contribution >= 4 is 14.0 Å². The number of halogens is 4. The molecule has 6 nitrogen and oxygen atoms in total. The maximum Gasteiger partial charge on any atom is 0.431 e. The second-order valence-corrected chi connectivity index (χ2v) is 12.5. The van der Waals surface area contributed by atoms with Crippen LogP contribution in [0.2, 0.25) is 19.6 Å². The van der Waals surface area contributed by atoms with E-state index in [1.54, 1.807) is 0 Å². The molecule has 0 aliphatic heterocycles. The fourth-order valence-corrected chi connectivity index (χ4v) is 3.15. The van der Waals surface area contributed by atoms with Gasteiger partial charge in [-0.05, 0) is 17.7 Å². The standard InChI is InChI=1S/C20H20F4N2O4Si/c1-25-16(20(22,23)24)11-17(27)26(19(25)29)15-9-13(10-18(28)30-2)12(8-14(15)21)6-7-31(3,4)5/h8-9,11H,10H2,1-5H3. The summed E-state index contributed by atoms with van der Waals surface area (Å²) in [5, 5.41) is 0. The van der Waals surface area contributed by atoms with Gasteiger partial charge in [0.05, 0.1) is 19.2 Å². The fourth-order valence-electron chi connectivity index (χ4n) is 2.64. The number of ether oxygens (including phenoxy) is 1. The maximum absolute atomic E-state index is 14.9. The quantitative estimate of drug-likeness (QED) is 0.308. The Hall–Kier alpha value is -3.13. The van der Waals surface area contributed by atoms with E-state index in [9.17, 15) is 31.9 Å². The summed E-state index contributed by atoms with van der Waals surface area (Å²) < 4.78 is 59.2. The molecule has 0 radical (unpaired) electrons. The summed E-state index contributed by atoms with van der Waals surface area (Å²) in [6, 6.07) is 2.21. The third-order valence-corrected chi connectivity index (χ3v) is 5.03. The van der Waals surface area contributed by atoms with Gasteiger partial charge in [0.1, 0.15) is 19.6 Å². The van der Waals surface area contributed by atoms with Crippen molar-refractivity contribution in [3.63, 3.8) is 0 Å². The number of aromatic nitrogens is 2. The van der Waals surface area contributed by atoms with E-state index in [2.05, 4.69) is 16.2 Å². The first-order valence-electron chi connectivity index (χ1n) is 8.99. The zero-order valence-electron chi connectivity index (χ0n) is 17.5. The monoisotopic (exact) mass is 456 g/mol. The molecule has 0 unspecified atom stereocenters. The molecule has 166 valence electrons. The van der Waals surface area contributed by atoms with Crippen LogP contribution in [-0.2, 0) is 29.2 Å². The molecule has 1 aromatic carbocycles. The first-order valence-corrected chi connectivity index (χ1v) is 12.5. The minimum Gasteiger partial charge on any atom is -0.469 e. The van der Waals surface area contributed by atoms with E-state index in [1.165, 1.54) is 0 Å². The number of esters is 1. The van der Waals surface area contributed by atoms with Crippen LogP contribution in [0.5, 0.6) is 0 Å². The smallest absolute Gasteiger partial charge is 0.431 e. The van der Waals surface area contributed by atoms with Crippen LogP contribution >= 0.6 is 0 Å². The lowest BCUT2D eigenvalue weighted by atomic mass is 10.0. The van der Waals surface area contributed by atoms with E-state index in [-0.39, 0.29) is 32.7 Å². The molecule has 0 bridgehead atoms. The molecule has 0 saturated heterocycles. The van der Waals surface area contributed by atoms with Crippen LogP contribution in [0.4, 0.5) is 17.6 Å². The average Bonchev–Trinajstić information content (AvgIpc) is 2.63. The topological polar surface area (TPSA) is 70.3 Å². The Morgan fingerprint density at radius 1 is 1.16 bits per heavy atom. The molecule has 0 fully saturated rings. The molecule has 31 heavy (non-hydrogen) atoms. The highest BCUT2D eigenvalue weighted by Crippen LogP contribution is 2.27.